The monoisotopic (exact) mass is 578 g/mol. The minimum Gasteiger partial charge on any atom is -0.383 e. The number of amides is 2. The van der Waals surface area contributed by atoms with Crippen molar-refractivity contribution in [2.75, 3.05) is 0 Å². The maximum Gasteiger partial charge on any atom is 0.416 e. The van der Waals surface area contributed by atoms with E-state index in [1.807, 2.05) is 0 Å². The lowest BCUT2D eigenvalue weighted by molar-refractivity contribution is -0.137. The Morgan fingerprint density at radius 2 is 1.77 bits per heavy atom. The summed E-state index contributed by atoms with van der Waals surface area (Å²) in [6.07, 6.45) is -3.77. The normalized spacial score (nSPS) is 12.9. The summed E-state index contributed by atoms with van der Waals surface area (Å²) in [5.74, 6) is -3.43. The number of hydrogen-bond donors (Lipinski definition) is 2. The average molecular weight is 579 g/mol. The molecule has 2 amide bonds. The molecule has 0 atom stereocenters. The maximum atomic E-state index is 16.0. The van der Waals surface area contributed by atoms with Crippen LogP contribution in [0, 0.1) is 5.82 Å². The predicted octanol–water partition coefficient (Wildman–Crippen LogP) is 5.88. The Bertz CT molecular complexity index is 1470. The highest BCUT2D eigenvalue weighted by atomic mass is 32.1. The first kappa shape index (κ1) is 31.0. The summed E-state index contributed by atoms with van der Waals surface area (Å²) in [5, 5.41) is 10.5. The topological polar surface area (TPSA) is 119 Å². The van der Waals surface area contributed by atoms with Crippen LogP contribution in [0.25, 0.3) is 11.3 Å². The van der Waals surface area contributed by atoms with Gasteiger partial charge < -0.3 is 10.8 Å². The molecule has 1 aromatic carbocycles. The van der Waals surface area contributed by atoms with Crippen LogP contribution in [0.3, 0.4) is 0 Å². The molecule has 0 bridgehead atoms. The fourth-order valence-electron chi connectivity index (χ4n) is 4.15. The Balaban J connectivity index is 2.14. The van der Waals surface area contributed by atoms with Crippen molar-refractivity contribution in [3.8, 4) is 11.3 Å². The zero-order valence-corrected chi connectivity index (χ0v) is 23.7. The molecule has 40 heavy (non-hydrogen) atoms. The van der Waals surface area contributed by atoms with Gasteiger partial charge >= 0.3 is 6.18 Å². The smallest absolute Gasteiger partial charge is 0.383 e. The van der Waals surface area contributed by atoms with Gasteiger partial charge in [0.1, 0.15) is 16.3 Å². The Labute approximate surface area is 233 Å². The fourth-order valence-corrected chi connectivity index (χ4v) is 5.06. The summed E-state index contributed by atoms with van der Waals surface area (Å²) in [6, 6.07) is 4.26. The van der Waals surface area contributed by atoms with Crippen molar-refractivity contribution in [1.29, 1.82) is 0 Å². The molecule has 2 heterocycles. The fraction of sp³-hybridized carbons (Fsp3) is 0.393. The highest BCUT2D eigenvalue weighted by Gasteiger charge is 2.32. The van der Waals surface area contributed by atoms with Gasteiger partial charge in [0, 0.05) is 17.5 Å². The molecule has 0 fully saturated rings. The summed E-state index contributed by atoms with van der Waals surface area (Å²) in [6.45, 7) is 9.93. The van der Waals surface area contributed by atoms with Crippen LogP contribution in [0.4, 0.5) is 17.6 Å². The third kappa shape index (κ3) is 6.79. The highest BCUT2D eigenvalue weighted by molar-refractivity contribution is 7.14. The van der Waals surface area contributed by atoms with Gasteiger partial charge in [0.05, 0.1) is 16.9 Å². The van der Waals surface area contributed by atoms with Gasteiger partial charge in [0.2, 0.25) is 0 Å². The van der Waals surface area contributed by atoms with Crippen LogP contribution in [0.2, 0.25) is 0 Å². The lowest BCUT2D eigenvalue weighted by Gasteiger charge is -2.21. The number of primary amides is 1. The zero-order valence-electron chi connectivity index (χ0n) is 22.9. The van der Waals surface area contributed by atoms with E-state index in [2.05, 4.69) is 15.0 Å². The van der Waals surface area contributed by atoms with E-state index in [0.29, 0.717) is 5.69 Å². The minimum atomic E-state index is -4.62. The Hall–Kier alpha value is -3.51. The molecule has 0 radical (unpaired) electrons. The van der Waals surface area contributed by atoms with Gasteiger partial charge in [-0.25, -0.2) is 19.4 Å². The van der Waals surface area contributed by atoms with Gasteiger partial charge in [-0.2, -0.15) is 13.2 Å². The van der Waals surface area contributed by atoms with Gasteiger partial charge in [-0.1, -0.05) is 39.8 Å². The number of rotatable bonds is 8. The molecule has 7 nitrogen and oxygen atoms in total. The first-order chi connectivity index (χ1) is 18.4. The quantitative estimate of drug-likeness (QED) is 0.256. The molecule has 2 aromatic heterocycles. The van der Waals surface area contributed by atoms with Crippen molar-refractivity contribution in [1.82, 2.24) is 9.97 Å². The number of halogens is 4. The van der Waals surface area contributed by atoms with E-state index in [1.54, 1.807) is 27.7 Å². The molecule has 214 valence electrons. The number of aliphatic hydroxyl groups is 1. The predicted molar refractivity (Wildman–Crippen MR) is 145 cm³/mol. The average Bonchev–Trinajstić information content (AvgIpc) is 3.32. The van der Waals surface area contributed by atoms with E-state index in [9.17, 15) is 27.9 Å². The van der Waals surface area contributed by atoms with Gasteiger partial charge in [0.15, 0.2) is 11.5 Å². The standard InChI is InChI=1S/C28H30F4N4O3S/c1-13(2)20-17(11-19(37)35-24(25(33)38)18-12-34-26(40-18)27(5,6)39)22(14(3)4)36-23(21(20)29)15-8-7-9-16(10-15)28(30,31)32/h7-10,12-14,39H,11H2,1-6H3,(H2,33,38)/b35-24-. The van der Waals surface area contributed by atoms with E-state index in [1.165, 1.54) is 32.2 Å². The summed E-state index contributed by atoms with van der Waals surface area (Å²) in [7, 11) is 0. The van der Waals surface area contributed by atoms with Crippen LogP contribution in [0.5, 0.6) is 0 Å². The first-order valence-electron chi connectivity index (χ1n) is 12.4. The van der Waals surface area contributed by atoms with Gasteiger partial charge in [-0.15, -0.1) is 11.3 Å². The molecule has 3 N–H and O–H groups in total. The summed E-state index contributed by atoms with van der Waals surface area (Å²) in [4.78, 5) is 37.8. The van der Waals surface area contributed by atoms with E-state index < -0.39 is 47.3 Å². The van der Waals surface area contributed by atoms with Crippen LogP contribution < -0.4 is 5.73 Å². The summed E-state index contributed by atoms with van der Waals surface area (Å²) < 4.78 is 56.0. The molecule has 0 unspecified atom stereocenters. The summed E-state index contributed by atoms with van der Waals surface area (Å²) >= 11 is 0.948. The number of nitrogens with two attached hydrogens (primary N) is 1. The van der Waals surface area contributed by atoms with Crippen molar-refractivity contribution in [2.24, 2.45) is 10.7 Å². The van der Waals surface area contributed by atoms with Crippen LogP contribution >= 0.6 is 11.3 Å². The number of nitrogens with zero attached hydrogens (tertiary/aromatic N) is 3. The molecular weight excluding hydrogens is 548 g/mol. The number of alkyl halides is 3. The number of pyridine rings is 1. The number of hydrogen-bond acceptors (Lipinski definition) is 6. The third-order valence-electron chi connectivity index (χ3n) is 5.96. The molecule has 0 saturated carbocycles. The second kappa shape index (κ2) is 11.5. The van der Waals surface area contributed by atoms with Crippen LogP contribution in [-0.2, 0) is 27.8 Å². The molecule has 0 aliphatic heterocycles. The number of carbonyl (C=O) groups excluding carboxylic acids is 2. The molecule has 0 saturated heterocycles. The zero-order chi connectivity index (χ0) is 30.2. The van der Waals surface area contributed by atoms with E-state index in [4.69, 9.17) is 5.73 Å². The second-order valence-electron chi connectivity index (χ2n) is 10.4. The maximum absolute atomic E-state index is 16.0. The molecule has 12 heteroatoms. The van der Waals surface area contributed by atoms with Crippen molar-refractivity contribution in [2.45, 2.75) is 71.6 Å². The van der Waals surface area contributed by atoms with Crippen molar-refractivity contribution < 1.29 is 32.3 Å². The van der Waals surface area contributed by atoms with Crippen LogP contribution in [0.15, 0.2) is 35.5 Å². The molecule has 0 aliphatic carbocycles. The number of thiazole rings is 1. The van der Waals surface area contributed by atoms with Crippen molar-refractivity contribution in [3.05, 3.63) is 68.5 Å². The Morgan fingerprint density at radius 3 is 2.27 bits per heavy atom. The SMILES string of the molecule is CC(C)c1nc(-c2cccc(C(F)(F)F)c2)c(F)c(C(C)C)c1CC(=O)/N=C(\C(N)=O)c1cnc(C(C)(C)O)s1. The first-order valence-corrected chi connectivity index (χ1v) is 13.2. The highest BCUT2D eigenvalue weighted by Crippen LogP contribution is 2.37. The number of carbonyl (C=O) groups is 2. The number of aromatic nitrogens is 2. The van der Waals surface area contributed by atoms with Crippen LogP contribution in [0.1, 0.15) is 85.6 Å². The van der Waals surface area contributed by atoms with E-state index in [0.717, 1.165) is 23.5 Å². The van der Waals surface area contributed by atoms with Crippen molar-refractivity contribution in [3.63, 3.8) is 0 Å². The second-order valence-corrected chi connectivity index (χ2v) is 11.5. The summed E-state index contributed by atoms with van der Waals surface area (Å²) in [5.41, 5.74) is 3.29. The molecule has 0 spiro atoms. The van der Waals surface area contributed by atoms with Gasteiger partial charge in [-0.3, -0.25) is 9.59 Å². The van der Waals surface area contributed by atoms with Gasteiger partial charge in [-0.05, 0) is 48.9 Å². The molecule has 3 aromatic rings. The van der Waals surface area contributed by atoms with Crippen LogP contribution in [-0.4, -0.2) is 32.6 Å². The lowest BCUT2D eigenvalue weighted by atomic mass is 9.88. The van der Waals surface area contributed by atoms with Crippen molar-refractivity contribution >= 4 is 28.9 Å². The Morgan fingerprint density at radius 1 is 1.12 bits per heavy atom. The van der Waals surface area contributed by atoms with Gasteiger partial charge in [0.25, 0.3) is 11.8 Å². The van der Waals surface area contributed by atoms with E-state index in [-0.39, 0.29) is 43.9 Å². The Kier molecular flexibility index (Phi) is 8.95. The lowest BCUT2D eigenvalue weighted by Crippen LogP contribution is -2.25. The number of benzene rings is 1. The van der Waals surface area contributed by atoms with E-state index >= 15 is 4.39 Å². The number of aliphatic imine (C=N–C) groups is 1. The molecule has 3 rings (SSSR count). The largest absolute Gasteiger partial charge is 0.416 e. The third-order valence-corrected chi connectivity index (χ3v) is 7.28. The molecule has 0 aliphatic rings. The minimum absolute atomic E-state index is 0.0455. The molecular formula is C28H30F4N4O3S.